The Kier molecular flexibility index (Phi) is 8.29. The molecule has 0 spiro atoms. The monoisotopic (exact) mass is 457 g/mol. The van der Waals surface area contributed by atoms with E-state index in [0.717, 1.165) is 24.1 Å². The predicted octanol–water partition coefficient (Wildman–Crippen LogP) is 5.86. The zero-order valence-electron chi connectivity index (χ0n) is 21.0. The molecule has 0 fully saturated rings. The summed E-state index contributed by atoms with van der Waals surface area (Å²) in [5, 5.41) is 19.9. The van der Waals surface area contributed by atoms with E-state index in [1.54, 1.807) is 13.1 Å². The lowest BCUT2D eigenvalue weighted by Crippen LogP contribution is -2.16. The van der Waals surface area contributed by atoms with Crippen LogP contribution >= 0.6 is 0 Å². The van der Waals surface area contributed by atoms with Crippen molar-refractivity contribution in [3.63, 3.8) is 0 Å². The van der Waals surface area contributed by atoms with Gasteiger partial charge in [0, 0.05) is 17.7 Å². The van der Waals surface area contributed by atoms with Crippen molar-refractivity contribution >= 4 is 11.8 Å². The van der Waals surface area contributed by atoms with Crippen LogP contribution in [0.5, 0.6) is 0 Å². The molecule has 3 rings (SSSR count). The van der Waals surface area contributed by atoms with Crippen molar-refractivity contribution in [2.75, 3.05) is 7.05 Å². The Morgan fingerprint density at radius 3 is 2.35 bits per heavy atom. The molecule has 6 nitrogen and oxygen atoms in total. The zero-order valence-corrected chi connectivity index (χ0v) is 21.0. The Balaban J connectivity index is 1.84. The third-order valence-corrected chi connectivity index (χ3v) is 6.28. The second-order valence-electron chi connectivity index (χ2n) is 8.98. The van der Waals surface area contributed by atoms with Crippen LogP contribution in [0.2, 0.25) is 0 Å². The second kappa shape index (κ2) is 11.2. The first-order chi connectivity index (χ1) is 16.2. The fraction of sp³-hybridized carbons (Fsp3) is 0.357. The lowest BCUT2D eigenvalue weighted by atomic mass is 9.85. The Morgan fingerprint density at radius 1 is 1.03 bits per heavy atom. The van der Waals surface area contributed by atoms with Gasteiger partial charge in [-0.25, -0.2) is 4.98 Å². The van der Waals surface area contributed by atoms with Crippen LogP contribution in [0, 0.1) is 23.7 Å². The molecule has 3 aromatic rings. The number of ether oxygens (including phenoxy) is 1. The maximum atomic E-state index is 8.46. The van der Waals surface area contributed by atoms with Gasteiger partial charge in [-0.1, -0.05) is 52.0 Å². The number of hydrogen-bond acceptors (Lipinski definition) is 6. The van der Waals surface area contributed by atoms with E-state index in [1.807, 2.05) is 31.3 Å². The predicted molar refractivity (Wildman–Crippen MR) is 139 cm³/mol. The van der Waals surface area contributed by atoms with Gasteiger partial charge in [0.1, 0.15) is 5.69 Å². The molecule has 0 saturated carbocycles. The summed E-state index contributed by atoms with van der Waals surface area (Å²) in [5.74, 6) is 0.766. The van der Waals surface area contributed by atoms with E-state index < -0.39 is 0 Å². The molecule has 1 unspecified atom stereocenters. The van der Waals surface area contributed by atoms with Crippen LogP contribution in [0.15, 0.2) is 48.7 Å². The number of nitrogens with zero attached hydrogens (tertiary/aromatic N) is 2. The van der Waals surface area contributed by atoms with Gasteiger partial charge in [-0.2, -0.15) is 0 Å². The number of aromatic nitrogens is 2. The van der Waals surface area contributed by atoms with Crippen molar-refractivity contribution in [1.29, 1.82) is 10.8 Å². The summed E-state index contributed by atoms with van der Waals surface area (Å²) in [4.78, 5) is 9.16. The Labute approximate surface area is 202 Å². The molecule has 0 radical (unpaired) electrons. The van der Waals surface area contributed by atoms with E-state index in [2.05, 4.69) is 56.2 Å². The highest BCUT2D eigenvalue weighted by molar-refractivity contribution is 6.04. The van der Waals surface area contributed by atoms with Crippen molar-refractivity contribution in [3.05, 3.63) is 82.3 Å². The first-order valence-corrected chi connectivity index (χ1v) is 11.8. The minimum Gasteiger partial charge on any atom is -0.419 e. The summed E-state index contributed by atoms with van der Waals surface area (Å²) in [7, 11) is 1.89. The van der Waals surface area contributed by atoms with Crippen molar-refractivity contribution in [3.8, 4) is 11.3 Å². The van der Waals surface area contributed by atoms with Crippen molar-refractivity contribution in [2.24, 2.45) is 5.92 Å². The van der Waals surface area contributed by atoms with E-state index in [-0.39, 0.29) is 11.8 Å². The molecule has 34 heavy (non-hydrogen) atoms. The van der Waals surface area contributed by atoms with Gasteiger partial charge >= 0.3 is 0 Å². The van der Waals surface area contributed by atoms with Crippen LogP contribution in [0.3, 0.4) is 0 Å². The molecule has 0 amide bonds. The average molecular weight is 458 g/mol. The highest BCUT2D eigenvalue weighted by Gasteiger charge is 2.17. The number of aryl methyl sites for hydroxylation is 2. The summed E-state index contributed by atoms with van der Waals surface area (Å²) in [5.41, 5.74) is 6.98. The molecule has 0 aliphatic rings. The fourth-order valence-corrected chi connectivity index (χ4v) is 3.87. The maximum absolute atomic E-state index is 8.46. The summed E-state index contributed by atoms with van der Waals surface area (Å²) in [6, 6.07) is 14.0. The minimum atomic E-state index is -0.183. The molecule has 0 aliphatic carbocycles. The van der Waals surface area contributed by atoms with E-state index in [9.17, 15) is 0 Å². The van der Waals surface area contributed by atoms with Gasteiger partial charge in [0.2, 0.25) is 11.8 Å². The van der Waals surface area contributed by atoms with Gasteiger partial charge in [0.25, 0.3) is 0 Å². The van der Waals surface area contributed by atoms with Crippen LogP contribution in [0.4, 0.5) is 0 Å². The quantitative estimate of drug-likeness (QED) is 0.292. The number of benzene rings is 2. The van der Waals surface area contributed by atoms with E-state index in [4.69, 9.17) is 20.5 Å². The molecule has 0 bridgehead atoms. The highest BCUT2D eigenvalue weighted by atomic mass is 16.5. The zero-order chi connectivity index (χ0) is 24.8. The normalized spacial score (nSPS) is 12.0. The number of nitrogens with one attached hydrogen (secondary N) is 3. The van der Waals surface area contributed by atoms with Gasteiger partial charge < -0.3 is 10.1 Å². The van der Waals surface area contributed by atoms with E-state index in [1.165, 1.54) is 11.1 Å². The van der Waals surface area contributed by atoms with Crippen LogP contribution in [0.25, 0.3) is 11.3 Å². The molecule has 3 N–H and O–H groups in total. The molecule has 1 atom stereocenters. The summed E-state index contributed by atoms with van der Waals surface area (Å²) < 4.78 is 5.56. The van der Waals surface area contributed by atoms with E-state index in [0.29, 0.717) is 34.5 Å². The van der Waals surface area contributed by atoms with Gasteiger partial charge in [0.15, 0.2) is 0 Å². The van der Waals surface area contributed by atoms with E-state index >= 15 is 0 Å². The fourth-order valence-electron chi connectivity index (χ4n) is 3.87. The molecular formula is C28H35N5O. The Hall–Kier alpha value is -3.38. The highest BCUT2D eigenvalue weighted by Crippen LogP contribution is 2.30. The summed E-state index contributed by atoms with van der Waals surface area (Å²) in [6.45, 7) is 11.5. The molecule has 6 heteroatoms. The van der Waals surface area contributed by atoms with Crippen molar-refractivity contribution in [1.82, 2.24) is 15.3 Å². The summed E-state index contributed by atoms with van der Waals surface area (Å²) >= 11 is 0. The topological polar surface area (TPSA) is 94.7 Å². The third kappa shape index (κ3) is 5.75. The number of hydrogen-bond donors (Lipinski definition) is 3. The van der Waals surface area contributed by atoms with Gasteiger partial charge in [-0.15, -0.1) is 0 Å². The third-order valence-electron chi connectivity index (χ3n) is 6.28. The molecule has 178 valence electrons. The van der Waals surface area contributed by atoms with Crippen molar-refractivity contribution < 1.29 is 4.74 Å². The van der Waals surface area contributed by atoms with Gasteiger partial charge in [0.05, 0.1) is 17.6 Å². The van der Waals surface area contributed by atoms with Gasteiger partial charge in [-0.3, -0.25) is 15.8 Å². The molecule has 1 aromatic heterocycles. The maximum Gasteiger partial charge on any atom is 0.241 e. The molecule has 2 aromatic carbocycles. The van der Waals surface area contributed by atoms with Crippen LogP contribution in [-0.2, 0) is 17.7 Å². The van der Waals surface area contributed by atoms with Crippen LogP contribution in [0.1, 0.15) is 67.3 Å². The Bertz CT molecular complexity index is 1170. The number of rotatable bonds is 8. The minimum absolute atomic E-state index is 0.0899. The van der Waals surface area contributed by atoms with Crippen LogP contribution in [-0.4, -0.2) is 28.8 Å². The van der Waals surface area contributed by atoms with Crippen molar-refractivity contribution in [2.45, 2.75) is 53.5 Å². The lowest BCUT2D eigenvalue weighted by molar-refractivity contribution is 0.531. The molecule has 0 aliphatic heterocycles. The smallest absolute Gasteiger partial charge is 0.241 e. The molecular weight excluding hydrogens is 422 g/mol. The Morgan fingerprint density at radius 2 is 1.74 bits per heavy atom. The first-order valence-electron chi connectivity index (χ1n) is 11.8. The largest absolute Gasteiger partial charge is 0.419 e. The van der Waals surface area contributed by atoms with Gasteiger partial charge in [-0.05, 0) is 67.1 Å². The second-order valence-corrected chi connectivity index (χ2v) is 8.98. The molecule has 1 heterocycles. The SMILES string of the molecule is CCc1cc(-c2cnc(C)c(C(=N)OC(=N)c3ccc(CNC)cc3)n2)ccc1C(C)C(C)C. The standard InChI is InChI=1S/C28H35N5O/c1-7-21-14-23(12-13-24(21)18(4)17(2)3)25-16-32-19(5)26(33-25)28(30)34-27(29)22-10-8-20(9-11-22)15-31-6/h8-14,16-18,29-31H,7,15H2,1-6H3. The average Bonchev–Trinajstić information content (AvgIpc) is 2.84. The lowest BCUT2D eigenvalue weighted by Gasteiger charge is -2.20. The summed E-state index contributed by atoms with van der Waals surface area (Å²) in [6.07, 6.45) is 2.67. The first kappa shape index (κ1) is 25.2. The van der Waals surface area contributed by atoms with Crippen LogP contribution < -0.4 is 5.32 Å². The molecule has 0 saturated heterocycles.